The average Bonchev–Trinajstić information content (AvgIpc) is 2.84. The predicted octanol–water partition coefficient (Wildman–Crippen LogP) is 3.05. The van der Waals surface area contributed by atoms with E-state index in [1.165, 1.54) is 16.7 Å². The summed E-state index contributed by atoms with van der Waals surface area (Å²) in [6, 6.07) is 10.4. The van der Waals surface area contributed by atoms with Crippen LogP contribution in [0.1, 0.15) is 17.5 Å². The summed E-state index contributed by atoms with van der Waals surface area (Å²) < 4.78 is 0. The van der Waals surface area contributed by atoms with E-state index in [4.69, 9.17) is 4.84 Å². The minimum absolute atomic E-state index is 0.945. The number of nitrogens with zero attached hydrogens (tertiary/aromatic N) is 2. The van der Waals surface area contributed by atoms with Crippen molar-refractivity contribution < 1.29 is 4.84 Å². The molecule has 3 nitrogen and oxygen atoms in total. The Labute approximate surface area is 106 Å². The van der Waals surface area contributed by atoms with E-state index in [1.54, 1.807) is 13.3 Å². The Bertz CT molecular complexity index is 591. The summed E-state index contributed by atoms with van der Waals surface area (Å²) in [4.78, 5) is 9.09. The van der Waals surface area contributed by atoms with Gasteiger partial charge in [0.15, 0.2) is 0 Å². The van der Waals surface area contributed by atoms with E-state index in [-0.39, 0.29) is 0 Å². The van der Waals surface area contributed by atoms with Crippen molar-refractivity contribution >= 4 is 5.71 Å². The van der Waals surface area contributed by atoms with Crippen LogP contribution in [0.5, 0.6) is 0 Å². The van der Waals surface area contributed by atoms with Crippen LogP contribution in [0.3, 0.4) is 0 Å². The zero-order chi connectivity index (χ0) is 12.4. The van der Waals surface area contributed by atoms with Crippen molar-refractivity contribution in [1.29, 1.82) is 0 Å². The number of hydrogen-bond acceptors (Lipinski definition) is 3. The lowest BCUT2D eigenvalue weighted by Crippen LogP contribution is -1.95. The molecule has 0 fully saturated rings. The van der Waals surface area contributed by atoms with Crippen molar-refractivity contribution in [3.05, 3.63) is 53.9 Å². The monoisotopic (exact) mass is 238 g/mol. The van der Waals surface area contributed by atoms with Gasteiger partial charge < -0.3 is 4.84 Å². The highest BCUT2D eigenvalue weighted by Crippen LogP contribution is 2.32. The molecule has 1 aromatic heterocycles. The lowest BCUT2D eigenvalue weighted by atomic mass is 9.98. The fourth-order valence-corrected chi connectivity index (χ4v) is 2.50. The molecule has 0 spiro atoms. The van der Waals surface area contributed by atoms with Crippen molar-refractivity contribution in [2.75, 3.05) is 7.11 Å². The van der Waals surface area contributed by atoms with E-state index >= 15 is 0 Å². The van der Waals surface area contributed by atoms with E-state index in [1.807, 2.05) is 12.3 Å². The third-order valence-electron chi connectivity index (χ3n) is 3.27. The Morgan fingerprint density at radius 3 is 2.78 bits per heavy atom. The maximum absolute atomic E-state index is 4.90. The predicted molar refractivity (Wildman–Crippen MR) is 71.5 cm³/mol. The first-order valence-electron chi connectivity index (χ1n) is 6.03. The summed E-state index contributed by atoms with van der Waals surface area (Å²) in [5.74, 6) is 0. The smallest absolute Gasteiger partial charge is 0.106 e. The van der Waals surface area contributed by atoms with Crippen molar-refractivity contribution in [2.45, 2.75) is 12.8 Å². The summed E-state index contributed by atoms with van der Waals surface area (Å²) in [6.45, 7) is 0. The molecular weight excluding hydrogens is 224 g/mol. The molecule has 0 radical (unpaired) electrons. The fraction of sp³-hybridized carbons (Fsp3) is 0.200. The number of oxime groups is 1. The van der Waals surface area contributed by atoms with Gasteiger partial charge in [-0.15, -0.1) is 0 Å². The number of hydrogen-bond donors (Lipinski definition) is 0. The molecule has 90 valence electrons. The lowest BCUT2D eigenvalue weighted by Gasteiger charge is -2.07. The molecule has 3 rings (SSSR count). The Morgan fingerprint density at radius 2 is 2.00 bits per heavy atom. The van der Waals surface area contributed by atoms with Gasteiger partial charge in [0, 0.05) is 23.5 Å². The van der Waals surface area contributed by atoms with Crippen molar-refractivity contribution in [3.63, 3.8) is 0 Å². The van der Waals surface area contributed by atoms with Crippen LogP contribution in [0.15, 0.2) is 47.9 Å². The van der Waals surface area contributed by atoms with Crippen molar-refractivity contribution in [2.24, 2.45) is 5.16 Å². The van der Waals surface area contributed by atoms with Crippen molar-refractivity contribution in [1.82, 2.24) is 4.98 Å². The second-order valence-electron chi connectivity index (χ2n) is 4.29. The zero-order valence-electron chi connectivity index (χ0n) is 10.3. The molecule has 1 aromatic carbocycles. The van der Waals surface area contributed by atoms with E-state index in [9.17, 15) is 0 Å². The summed E-state index contributed by atoms with van der Waals surface area (Å²) >= 11 is 0. The van der Waals surface area contributed by atoms with Crippen LogP contribution in [0.2, 0.25) is 0 Å². The van der Waals surface area contributed by atoms with Crippen LogP contribution in [0.25, 0.3) is 11.1 Å². The number of pyridine rings is 1. The minimum atomic E-state index is 0.945. The fourth-order valence-electron chi connectivity index (χ4n) is 2.50. The quantitative estimate of drug-likeness (QED) is 0.754. The highest BCUT2D eigenvalue weighted by atomic mass is 16.6. The second-order valence-corrected chi connectivity index (χ2v) is 4.29. The van der Waals surface area contributed by atoms with Gasteiger partial charge in [-0.3, -0.25) is 4.98 Å². The topological polar surface area (TPSA) is 34.5 Å². The first-order valence-corrected chi connectivity index (χ1v) is 6.03. The summed E-state index contributed by atoms with van der Waals surface area (Å²) in [7, 11) is 1.59. The van der Waals surface area contributed by atoms with Crippen LogP contribution in [0, 0.1) is 0 Å². The maximum Gasteiger partial charge on any atom is 0.106 e. The molecule has 0 saturated carbocycles. The molecule has 0 amide bonds. The lowest BCUT2D eigenvalue weighted by molar-refractivity contribution is 0.213. The van der Waals surface area contributed by atoms with Gasteiger partial charge in [-0.2, -0.15) is 0 Å². The standard InChI is InChI=1S/C15H14N2O/c1-18-17-15-8-7-13-12(5-2-6-14(13)15)11-4-3-9-16-10-11/h2-6,9-10H,7-8H2,1H3/b17-15+. The van der Waals surface area contributed by atoms with Gasteiger partial charge in [0.25, 0.3) is 0 Å². The molecule has 3 heteroatoms. The normalized spacial score (nSPS) is 15.7. The molecule has 1 heterocycles. The Balaban J connectivity index is 2.13. The molecule has 0 N–H and O–H groups in total. The Hall–Kier alpha value is -2.16. The van der Waals surface area contributed by atoms with Crippen LogP contribution in [0.4, 0.5) is 0 Å². The van der Waals surface area contributed by atoms with E-state index in [0.29, 0.717) is 0 Å². The number of fused-ring (bicyclic) bond motifs is 1. The van der Waals surface area contributed by atoms with Gasteiger partial charge in [0.2, 0.25) is 0 Å². The van der Waals surface area contributed by atoms with Crippen LogP contribution < -0.4 is 0 Å². The molecule has 1 aliphatic rings. The summed E-state index contributed by atoms with van der Waals surface area (Å²) in [6.07, 6.45) is 5.66. The third-order valence-corrected chi connectivity index (χ3v) is 3.27. The molecule has 0 unspecified atom stereocenters. The minimum Gasteiger partial charge on any atom is -0.399 e. The summed E-state index contributed by atoms with van der Waals surface area (Å²) in [5.41, 5.74) is 6.01. The largest absolute Gasteiger partial charge is 0.399 e. The van der Waals surface area contributed by atoms with Gasteiger partial charge in [0.05, 0.1) is 5.71 Å². The maximum atomic E-state index is 4.90. The first kappa shape index (κ1) is 11.0. The van der Waals surface area contributed by atoms with E-state index in [0.717, 1.165) is 24.1 Å². The number of rotatable bonds is 2. The number of benzene rings is 1. The van der Waals surface area contributed by atoms with Crippen LogP contribution >= 0.6 is 0 Å². The Kier molecular flexibility index (Phi) is 2.81. The van der Waals surface area contributed by atoms with E-state index < -0.39 is 0 Å². The van der Waals surface area contributed by atoms with Gasteiger partial charge in [0.1, 0.15) is 7.11 Å². The first-order chi connectivity index (χ1) is 8.90. The van der Waals surface area contributed by atoms with Gasteiger partial charge >= 0.3 is 0 Å². The molecule has 2 aromatic rings. The van der Waals surface area contributed by atoms with Crippen LogP contribution in [-0.4, -0.2) is 17.8 Å². The van der Waals surface area contributed by atoms with Crippen LogP contribution in [-0.2, 0) is 11.3 Å². The highest BCUT2D eigenvalue weighted by Gasteiger charge is 2.21. The zero-order valence-corrected chi connectivity index (χ0v) is 10.3. The highest BCUT2D eigenvalue weighted by molar-refractivity contribution is 6.05. The average molecular weight is 238 g/mol. The van der Waals surface area contributed by atoms with E-state index in [2.05, 4.69) is 34.4 Å². The molecule has 0 bridgehead atoms. The Morgan fingerprint density at radius 1 is 1.11 bits per heavy atom. The molecule has 1 aliphatic carbocycles. The molecule has 0 aliphatic heterocycles. The van der Waals surface area contributed by atoms with Gasteiger partial charge in [-0.25, -0.2) is 0 Å². The van der Waals surface area contributed by atoms with Gasteiger partial charge in [-0.1, -0.05) is 29.4 Å². The van der Waals surface area contributed by atoms with Crippen molar-refractivity contribution in [3.8, 4) is 11.1 Å². The summed E-state index contributed by atoms with van der Waals surface area (Å²) in [5, 5.41) is 4.10. The molecule has 0 saturated heterocycles. The van der Waals surface area contributed by atoms with Gasteiger partial charge in [-0.05, 0) is 30.0 Å². The molecule has 0 atom stereocenters. The SMILES string of the molecule is CO/N=C1\CCc2c1cccc2-c1cccnc1. The second kappa shape index (κ2) is 4.61. The molecule has 18 heavy (non-hydrogen) atoms. The third kappa shape index (κ3) is 1.78. The number of aromatic nitrogens is 1. The molecular formula is C15H14N2O.